The maximum absolute atomic E-state index is 12.8. The molecule has 0 bridgehead atoms. The van der Waals surface area contributed by atoms with Crippen LogP contribution in [-0.2, 0) is 9.53 Å². The van der Waals surface area contributed by atoms with E-state index in [1.165, 1.54) is 11.3 Å². The smallest absolute Gasteiger partial charge is 0.339 e. The summed E-state index contributed by atoms with van der Waals surface area (Å²) in [6.07, 6.45) is 3.11. The Hall–Kier alpha value is -2.73. The molecule has 0 radical (unpaired) electrons. The SMILES string of the molecule is C[C@@H]1CCC[C@H](C)N1C(=O)COC(=O)c1ccccc1-c1nc2ccccc2s1. The number of likely N-dealkylation sites (tertiary alicyclic amines) is 1. The molecule has 1 saturated heterocycles. The molecular weight excluding hydrogens is 384 g/mol. The fraction of sp³-hybridized carbons (Fsp3) is 0.348. The van der Waals surface area contributed by atoms with E-state index in [-0.39, 0.29) is 24.6 Å². The highest BCUT2D eigenvalue weighted by atomic mass is 32.1. The predicted octanol–water partition coefficient (Wildman–Crippen LogP) is 4.91. The quantitative estimate of drug-likeness (QED) is 0.576. The summed E-state index contributed by atoms with van der Waals surface area (Å²) in [6, 6.07) is 15.5. The van der Waals surface area contributed by atoms with Crippen molar-refractivity contribution in [1.29, 1.82) is 0 Å². The zero-order valence-electron chi connectivity index (χ0n) is 16.6. The number of hydrogen-bond acceptors (Lipinski definition) is 5. The Morgan fingerprint density at radius 1 is 1.07 bits per heavy atom. The molecule has 6 heteroatoms. The normalized spacial score (nSPS) is 19.3. The zero-order valence-corrected chi connectivity index (χ0v) is 17.4. The van der Waals surface area contributed by atoms with Gasteiger partial charge in [-0.25, -0.2) is 9.78 Å². The zero-order chi connectivity index (χ0) is 20.4. The van der Waals surface area contributed by atoms with Crippen LogP contribution < -0.4 is 0 Å². The number of amides is 1. The Balaban J connectivity index is 1.51. The van der Waals surface area contributed by atoms with E-state index in [1.807, 2.05) is 41.3 Å². The van der Waals surface area contributed by atoms with Crippen LogP contribution in [0.4, 0.5) is 0 Å². The average Bonchev–Trinajstić information content (AvgIpc) is 3.16. The Morgan fingerprint density at radius 2 is 1.76 bits per heavy atom. The second-order valence-electron chi connectivity index (χ2n) is 7.54. The van der Waals surface area contributed by atoms with Crippen LogP contribution in [0.5, 0.6) is 0 Å². The highest BCUT2D eigenvalue weighted by molar-refractivity contribution is 7.21. The number of rotatable bonds is 4. The largest absolute Gasteiger partial charge is 0.452 e. The van der Waals surface area contributed by atoms with E-state index in [4.69, 9.17) is 4.74 Å². The number of carbonyl (C=O) groups is 2. The van der Waals surface area contributed by atoms with E-state index in [0.717, 1.165) is 40.1 Å². The standard InChI is InChI=1S/C23H24N2O3S/c1-15-8-7-9-16(2)25(15)21(26)14-28-23(27)18-11-4-3-10-17(18)22-24-19-12-5-6-13-20(19)29-22/h3-6,10-13,15-16H,7-9,14H2,1-2H3/t15-,16+. The van der Waals surface area contributed by atoms with Crippen molar-refractivity contribution in [2.24, 2.45) is 0 Å². The molecule has 5 nitrogen and oxygen atoms in total. The molecule has 2 atom stereocenters. The molecule has 1 aliphatic rings. The summed E-state index contributed by atoms with van der Waals surface area (Å²) in [5.74, 6) is -0.624. The molecule has 1 aromatic heterocycles. The molecular formula is C23H24N2O3S. The molecule has 4 rings (SSSR count). The van der Waals surface area contributed by atoms with E-state index in [2.05, 4.69) is 18.8 Å². The Labute approximate surface area is 174 Å². The second kappa shape index (κ2) is 8.33. The highest BCUT2D eigenvalue weighted by Gasteiger charge is 2.29. The predicted molar refractivity (Wildman–Crippen MR) is 115 cm³/mol. The summed E-state index contributed by atoms with van der Waals surface area (Å²) < 4.78 is 6.49. The Morgan fingerprint density at radius 3 is 2.52 bits per heavy atom. The summed E-state index contributed by atoms with van der Waals surface area (Å²) in [6.45, 7) is 3.87. The number of para-hydroxylation sites is 1. The van der Waals surface area contributed by atoms with Crippen molar-refractivity contribution in [3.63, 3.8) is 0 Å². The summed E-state index contributed by atoms with van der Waals surface area (Å²) in [5.41, 5.74) is 2.06. The first-order valence-electron chi connectivity index (χ1n) is 9.98. The molecule has 2 heterocycles. The van der Waals surface area contributed by atoms with Gasteiger partial charge in [0.1, 0.15) is 5.01 Å². The molecule has 0 unspecified atom stereocenters. The summed E-state index contributed by atoms with van der Waals surface area (Å²) in [4.78, 5) is 32.0. The van der Waals surface area contributed by atoms with Gasteiger partial charge < -0.3 is 9.64 Å². The van der Waals surface area contributed by atoms with Gasteiger partial charge in [-0.2, -0.15) is 0 Å². The summed E-state index contributed by atoms with van der Waals surface area (Å²) >= 11 is 1.54. The van der Waals surface area contributed by atoms with Gasteiger partial charge in [0, 0.05) is 17.6 Å². The van der Waals surface area contributed by atoms with E-state index in [9.17, 15) is 9.59 Å². The van der Waals surface area contributed by atoms with Crippen molar-refractivity contribution >= 4 is 33.4 Å². The van der Waals surface area contributed by atoms with Gasteiger partial charge in [0.05, 0.1) is 15.8 Å². The van der Waals surface area contributed by atoms with Gasteiger partial charge in [0.15, 0.2) is 6.61 Å². The van der Waals surface area contributed by atoms with Crippen LogP contribution in [0, 0.1) is 0 Å². The van der Waals surface area contributed by atoms with Gasteiger partial charge in [0.25, 0.3) is 5.91 Å². The molecule has 0 aliphatic carbocycles. The molecule has 2 aromatic carbocycles. The van der Waals surface area contributed by atoms with E-state index >= 15 is 0 Å². The van der Waals surface area contributed by atoms with Gasteiger partial charge in [0.2, 0.25) is 0 Å². The lowest BCUT2D eigenvalue weighted by atomic mass is 9.97. The molecule has 1 amide bonds. The second-order valence-corrected chi connectivity index (χ2v) is 8.57. The Kier molecular flexibility index (Phi) is 5.62. The van der Waals surface area contributed by atoms with Gasteiger partial charge in [-0.15, -0.1) is 11.3 Å². The lowest BCUT2D eigenvalue weighted by molar-refractivity contribution is -0.140. The van der Waals surface area contributed by atoms with Crippen molar-refractivity contribution < 1.29 is 14.3 Å². The van der Waals surface area contributed by atoms with Gasteiger partial charge in [-0.05, 0) is 51.3 Å². The topological polar surface area (TPSA) is 59.5 Å². The minimum absolute atomic E-state index is 0.129. The van der Waals surface area contributed by atoms with Crippen LogP contribution in [0.15, 0.2) is 48.5 Å². The molecule has 150 valence electrons. The number of fused-ring (bicyclic) bond motifs is 1. The molecule has 29 heavy (non-hydrogen) atoms. The highest BCUT2D eigenvalue weighted by Crippen LogP contribution is 2.32. The number of hydrogen-bond donors (Lipinski definition) is 0. The van der Waals surface area contributed by atoms with Crippen molar-refractivity contribution in [2.75, 3.05) is 6.61 Å². The van der Waals surface area contributed by atoms with Crippen molar-refractivity contribution in [3.8, 4) is 10.6 Å². The fourth-order valence-corrected chi connectivity index (χ4v) is 5.03. The fourth-order valence-electron chi connectivity index (χ4n) is 4.03. The van der Waals surface area contributed by atoms with Crippen LogP contribution in [0.1, 0.15) is 43.5 Å². The van der Waals surface area contributed by atoms with Crippen LogP contribution in [0.2, 0.25) is 0 Å². The third-order valence-corrected chi connectivity index (χ3v) is 6.55. The number of aromatic nitrogens is 1. The molecule has 1 aliphatic heterocycles. The minimum Gasteiger partial charge on any atom is -0.452 e. The van der Waals surface area contributed by atoms with E-state index in [1.54, 1.807) is 12.1 Å². The maximum Gasteiger partial charge on any atom is 0.339 e. The van der Waals surface area contributed by atoms with Gasteiger partial charge >= 0.3 is 5.97 Å². The van der Waals surface area contributed by atoms with E-state index < -0.39 is 5.97 Å². The Bertz CT molecular complexity index is 1000. The molecule has 0 N–H and O–H groups in total. The van der Waals surface area contributed by atoms with Crippen LogP contribution in [-0.4, -0.2) is 40.5 Å². The lowest BCUT2D eigenvalue weighted by Gasteiger charge is -2.38. The van der Waals surface area contributed by atoms with Gasteiger partial charge in [-0.3, -0.25) is 4.79 Å². The molecule has 0 saturated carbocycles. The number of esters is 1. The molecule has 1 fully saturated rings. The lowest BCUT2D eigenvalue weighted by Crippen LogP contribution is -2.49. The average molecular weight is 409 g/mol. The third-order valence-electron chi connectivity index (χ3n) is 5.48. The number of ether oxygens (including phenoxy) is 1. The van der Waals surface area contributed by atoms with Crippen molar-refractivity contribution in [1.82, 2.24) is 9.88 Å². The first kappa shape index (κ1) is 19.6. The molecule has 0 spiro atoms. The summed E-state index contributed by atoms with van der Waals surface area (Å²) in [7, 11) is 0. The monoisotopic (exact) mass is 408 g/mol. The number of benzene rings is 2. The van der Waals surface area contributed by atoms with Crippen molar-refractivity contribution in [3.05, 3.63) is 54.1 Å². The number of carbonyl (C=O) groups excluding carboxylic acids is 2. The minimum atomic E-state index is -0.495. The van der Waals surface area contributed by atoms with Crippen LogP contribution in [0.25, 0.3) is 20.8 Å². The van der Waals surface area contributed by atoms with Crippen LogP contribution in [0.3, 0.4) is 0 Å². The first-order chi connectivity index (χ1) is 14.0. The number of nitrogens with zero attached hydrogens (tertiary/aromatic N) is 2. The molecule has 3 aromatic rings. The third kappa shape index (κ3) is 4.03. The first-order valence-corrected chi connectivity index (χ1v) is 10.8. The number of thiazole rings is 1. The van der Waals surface area contributed by atoms with E-state index in [0.29, 0.717) is 5.56 Å². The summed E-state index contributed by atoms with van der Waals surface area (Å²) in [5, 5.41) is 0.767. The van der Waals surface area contributed by atoms with Crippen LogP contribution >= 0.6 is 11.3 Å². The number of piperidine rings is 1. The van der Waals surface area contributed by atoms with Crippen molar-refractivity contribution in [2.45, 2.75) is 45.2 Å². The maximum atomic E-state index is 12.8. The van der Waals surface area contributed by atoms with Gasteiger partial charge in [-0.1, -0.05) is 30.3 Å².